The van der Waals surface area contributed by atoms with Crippen molar-refractivity contribution < 1.29 is 13.9 Å². The molecule has 1 aliphatic rings. The van der Waals surface area contributed by atoms with E-state index >= 15 is 0 Å². The average Bonchev–Trinajstić information content (AvgIpc) is 3.38. The number of piperidine rings is 1. The number of methoxy groups -OCH3 is 1. The SMILES string of the molecule is COc1ccccc1-n1c(C[C@H]2CCCN(C(=O)c3ccco3)C2)n[nH]c1=O. The van der Waals surface area contributed by atoms with E-state index in [1.165, 1.54) is 6.26 Å². The summed E-state index contributed by atoms with van der Waals surface area (Å²) < 4.78 is 12.2. The minimum absolute atomic E-state index is 0.0983. The Morgan fingerprint density at radius 2 is 2.18 bits per heavy atom. The molecule has 1 aliphatic heterocycles. The van der Waals surface area contributed by atoms with Gasteiger partial charge in [-0.1, -0.05) is 12.1 Å². The quantitative estimate of drug-likeness (QED) is 0.731. The second kappa shape index (κ2) is 7.75. The molecule has 1 atom stereocenters. The Morgan fingerprint density at radius 3 is 2.96 bits per heavy atom. The number of ether oxygens (including phenoxy) is 1. The Morgan fingerprint density at radius 1 is 1.32 bits per heavy atom. The van der Waals surface area contributed by atoms with Crippen molar-refractivity contribution in [2.45, 2.75) is 19.3 Å². The molecule has 146 valence electrons. The topological polar surface area (TPSA) is 93.4 Å². The number of carbonyl (C=O) groups excluding carboxylic acids is 1. The van der Waals surface area contributed by atoms with Crippen LogP contribution in [-0.2, 0) is 6.42 Å². The molecule has 28 heavy (non-hydrogen) atoms. The lowest BCUT2D eigenvalue weighted by Gasteiger charge is -2.32. The number of H-pyrrole nitrogens is 1. The van der Waals surface area contributed by atoms with Gasteiger partial charge in [-0.2, -0.15) is 5.10 Å². The number of furan rings is 1. The maximum Gasteiger partial charge on any atom is 0.348 e. The summed E-state index contributed by atoms with van der Waals surface area (Å²) in [6.07, 6.45) is 3.96. The number of hydrogen-bond acceptors (Lipinski definition) is 5. The van der Waals surface area contributed by atoms with Crippen LogP contribution < -0.4 is 10.4 Å². The Labute approximate surface area is 161 Å². The molecule has 0 unspecified atom stereocenters. The van der Waals surface area contributed by atoms with Gasteiger partial charge in [0.15, 0.2) is 5.76 Å². The van der Waals surface area contributed by atoms with Gasteiger partial charge in [-0.25, -0.2) is 14.5 Å². The zero-order valence-electron chi connectivity index (χ0n) is 15.6. The van der Waals surface area contributed by atoms with E-state index in [0.29, 0.717) is 42.5 Å². The van der Waals surface area contributed by atoms with Crippen LogP contribution in [0.3, 0.4) is 0 Å². The molecular formula is C20H22N4O4. The first-order valence-corrected chi connectivity index (χ1v) is 9.30. The number of nitrogens with one attached hydrogen (secondary N) is 1. The van der Waals surface area contributed by atoms with Crippen LogP contribution in [0, 0.1) is 5.92 Å². The van der Waals surface area contributed by atoms with Gasteiger partial charge in [0.2, 0.25) is 0 Å². The lowest BCUT2D eigenvalue weighted by molar-refractivity contribution is 0.0640. The summed E-state index contributed by atoms with van der Waals surface area (Å²) in [6.45, 7) is 1.31. The predicted molar refractivity (Wildman–Crippen MR) is 102 cm³/mol. The summed E-state index contributed by atoms with van der Waals surface area (Å²) in [5.41, 5.74) is 0.344. The lowest BCUT2D eigenvalue weighted by Crippen LogP contribution is -2.40. The first-order valence-electron chi connectivity index (χ1n) is 9.30. The van der Waals surface area contributed by atoms with E-state index in [1.807, 2.05) is 29.2 Å². The van der Waals surface area contributed by atoms with Crippen LogP contribution in [0.2, 0.25) is 0 Å². The molecule has 3 heterocycles. The summed E-state index contributed by atoms with van der Waals surface area (Å²) >= 11 is 0. The molecule has 0 aliphatic carbocycles. The van der Waals surface area contributed by atoms with E-state index in [1.54, 1.807) is 23.8 Å². The number of likely N-dealkylation sites (tertiary alicyclic amines) is 1. The normalized spacial score (nSPS) is 16.9. The fourth-order valence-corrected chi connectivity index (χ4v) is 3.76. The minimum atomic E-state index is -0.307. The number of aromatic nitrogens is 3. The maximum absolute atomic E-state index is 12.6. The molecule has 1 saturated heterocycles. The van der Waals surface area contributed by atoms with Gasteiger partial charge in [0.05, 0.1) is 19.1 Å². The summed E-state index contributed by atoms with van der Waals surface area (Å²) in [7, 11) is 1.57. The standard InChI is InChI=1S/C20H22N4O4/c1-27-16-8-3-2-7-15(16)24-18(21-22-20(24)26)12-14-6-4-10-23(13-14)19(25)17-9-5-11-28-17/h2-3,5,7-9,11,14H,4,6,10,12-13H2,1H3,(H,22,26)/t14-/m1/s1. The van der Waals surface area contributed by atoms with Crippen LogP contribution in [-0.4, -0.2) is 45.8 Å². The molecule has 3 aromatic rings. The molecule has 0 saturated carbocycles. The highest BCUT2D eigenvalue weighted by Crippen LogP contribution is 2.25. The zero-order valence-corrected chi connectivity index (χ0v) is 15.6. The van der Waals surface area contributed by atoms with E-state index in [0.717, 1.165) is 12.8 Å². The molecule has 4 rings (SSSR count). The van der Waals surface area contributed by atoms with E-state index < -0.39 is 0 Å². The summed E-state index contributed by atoms with van der Waals surface area (Å²) in [4.78, 5) is 26.8. The largest absolute Gasteiger partial charge is 0.495 e. The molecule has 8 nitrogen and oxygen atoms in total. The van der Waals surface area contributed by atoms with Gasteiger partial charge in [-0.3, -0.25) is 4.79 Å². The second-order valence-electron chi connectivity index (χ2n) is 6.89. The van der Waals surface area contributed by atoms with Gasteiger partial charge in [-0.05, 0) is 43.0 Å². The summed E-state index contributed by atoms with van der Waals surface area (Å²) in [6, 6.07) is 10.7. The van der Waals surface area contributed by atoms with Crippen LogP contribution in [0.25, 0.3) is 5.69 Å². The van der Waals surface area contributed by atoms with Crippen molar-refractivity contribution in [3.05, 3.63) is 64.7 Å². The van der Waals surface area contributed by atoms with Crippen LogP contribution in [0.1, 0.15) is 29.2 Å². The van der Waals surface area contributed by atoms with Crippen molar-refractivity contribution in [3.63, 3.8) is 0 Å². The van der Waals surface area contributed by atoms with Gasteiger partial charge in [0, 0.05) is 19.5 Å². The first-order chi connectivity index (χ1) is 13.7. The number of hydrogen-bond donors (Lipinski definition) is 1. The Hall–Kier alpha value is -3.29. The number of amides is 1. The molecule has 0 spiro atoms. The third kappa shape index (κ3) is 3.45. The maximum atomic E-state index is 12.6. The van der Waals surface area contributed by atoms with Crippen LogP contribution in [0.5, 0.6) is 5.75 Å². The van der Waals surface area contributed by atoms with Crippen molar-refractivity contribution in [1.82, 2.24) is 19.7 Å². The van der Waals surface area contributed by atoms with E-state index in [-0.39, 0.29) is 17.5 Å². The molecule has 1 amide bonds. The van der Waals surface area contributed by atoms with E-state index in [2.05, 4.69) is 10.2 Å². The van der Waals surface area contributed by atoms with E-state index in [4.69, 9.17) is 9.15 Å². The number of nitrogens with zero attached hydrogens (tertiary/aromatic N) is 3. The van der Waals surface area contributed by atoms with Gasteiger partial charge >= 0.3 is 5.69 Å². The van der Waals surface area contributed by atoms with Gasteiger partial charge in [0.25, 0.3) is 5.91 Å². The number of rotatable bonds is 5. The number of aromatic amines is 1. The second-order valence-corrected chi connectivity index (χ2v) is 6.89. The van der Waals surface area contributed by atoms with Crippen LogP contribution >= 0.6 is 0 Å². The molecule has 1 N–H and O–H groups in total. The Balaban J connectivity index is 1.55. The molecule has 1 fully saturated rings. The highest BCUT2D eigenvalue weighted by molar-refractivity contribution is 5.91. The number of carbonyl (C=O) groups is 1. The van der Waals surface area contributed by atoms with Crippen LogP contribution in [0.4, 0.5) is 0 Å². The summed E-state index contributed by atoms with van der Waals surface area (Å²) in [5.74, 6) is 1.69. The van der Waals surface area contributed by atoms with Crippen molar-refractivity contribution >= 4 is 5.91 Å². The fourth-order valence-electron chi connectivity index (χ4n) is 3.76. The van der Waals surface area contributed by atoms with Crippen molar-refractivity contribution in [2.75, 3.05) is 20.2 Å². The fraction of sp³-hybridized carbons (Fsp3) is 0.350. The molecule has 0 bridgehead atoms. The highest BCUT2D eigenvalue weighted by atomic mass is 16.5. The highest BCUT2D eigenvalue weighted by Gasteiger charge is 2.27. The van der Waals surface area contributed by atoms with Gasteiger partial charge in [0.1, 0.15) is 11.6 Å². The molecular weight excluding hydrogens is 360 g/mol. The zero-order chi connectivity index (χ0) is 19.5. The monoisotopic (exact) mass is 382 g/mol. The number of para-hydroxylation sites is 2. The Bertz CT molecular complexity index is 1010. The third-order valence-corrected chi connectivity index (χ3v) is 5.08. The molecule has 2 aromatic heterocycles. The molecule has 0 radical (unpaired) electrons. The molecule has 1 aromatic carbocycles. The van der Waals surface area contributed by atoms with Crippen molar-refractivity contribution in [1.29, 1.82) is 0 Å². The first kappa shape index (κ1) is 18.1. The predicted octanol–water partition coefficient (Wildman–Crippen LogP) is 2.26. The van der Waals surface area contributed by atoms with E-state index in [9.17, 15) is 9.59 Å². The van der Waals surface area contributed by atoms with Crippen LogP contribution in [0.15, 0.2) is 51.9 Å². The lowest BCUT2D eigenvalue weighted by atomic mass is 9.94. The third-order valence-electron chi connectivity index (χ3n) is 5.08. The summed E-state index contributed by atoms with van der Waals surface area (Å²) in [5, 5.41) is 6.77. The average molecular weight is 382 g/mol. The van der Waals surface area contributed by atoms with Crippen molar-refractivity contribution in [3.8, 4) is 11.4 Å². The molecule has 8 heteroatoms. The van der Waals surface area contributed by atoms with Gasteiger partial charge in [-0.15, -0.1) is 0 Å². The van der Waals surface area contributed by atoms with Gasteiger partial charge < -0.3 is 14.1 Å². The van der Waals surface area contributed by atoms with Crippen molar-refractivity contribution in [2.24, 2.45) is 5.92 Å². The smallest absolute Gasteiger partial charge is 0.348 e. The number of benzene rings is 1. The minimum Gasteiger partial charge on any atom is -0.495 e. The Kier molecular flexibility index (Phi) is 5.01.